The topological polar surface area (TPSA) is 50.8 Å². The molecule has 0 aliphatic carbocycles. The van der Waals surface area contributed by atoms with Gasteiger partial charge in [0, 0.05) is 22.9 Å². The predicted molar refractivity (Wildman–Crippen MR) is 119 cm³/mol. The minimum Gasteiger partial charge on any atom is -0.492 e. The van der Waals surface area contributed by atoms with E-state index in [1.807, 2.05) is 37.3 Å². The van der Waals surface area contributed by atoms with Crippen molar-refractivity contribution in [3.63, 3.8) is 0 Å². The van der Waals surface area contributed by atoms with Gasteiger partial charge in [0.15, 0.2) is 0 Å². The van der Waals surface area contributed by atoms with Gasteiger partial charge < -0.3 is 14.8 Å². The molecule has 7 heteroatoms. The van der Waals surface area contributed by atoms with Crippen LogP contribution in [0.1, 0.15) is 37.0 Å². The largest absolute Gasteiger partial charge is 0.492 e. The highest BCUT2D eigenvalue weighted by atomic mass is 79.9. The molecule has 28 heavy (non-hydrogen) atoms. The molecule has 2 aromatic carbocycles. The van der Waals surface area contributed by atoms with Crippen molar-refractivity contribution in [3.05, 3.63) is 40.4 Å². The smallest absolute Gasteiger partial charge is 0.256 e. The standard InChI is InChI=1S/C21H27BrN2O3.ClH/c1-3-4-11-27-20-17-8-6-5-7-16(17)19(22)14-18(20)21(25)23-15(2)24-9-12-26-13-10-24;/h5-8,14-15H,3-4,9-13H2,1-2H3,(H,23,25);1H. The Hall–Kier alpha value is -1.34. The lowest BCUT2D eigenvalue weighted by Gasteiger charge is -2.32. The van der Waals surface area contributed by atoms with Gasteiger partial charge in [-0.3, -0.25) is 9.69 Å². The zero-order chi connectivity index (χ0) is 19.2. The maximum Gasteiger partial charge on any atom is 0.256 e. The molecule has 1 aliphatic heterocycles. The highest BCUT2D eigenvalue weighted by Gasteiger charge is 2.23. The number of hydrogen-bond acceptors (Lipinski definition) is 4. The number of amides is 1. The third kappa shape index (κ3) is 5.38. The van der Waals surface area contributed by atoms with E-state index in [-0.39, 0.29) is 24.5 Å². The van der Waals surface area contributed by atoms with Gasteiger partial charge in [0.1, 0.15) is 5.75 Å². The van der Waals surface area contributed by atoms with E-state index in [2.05, 4.69) is 33.1 Å². The monoisotopic (exact) mass is 470 g/mol. The second-order valence-corrected chi connectivity index (χ2v) is 7.63. The van der Waals surface area contributed by atoms with Crippen molar-refractivity contribution in [2.24, 2.45) is 0 Å². The number of fused-ring (bicyclic) bond motifs is 1. The first kappa shape index (κ1) is 22.9. The fraction of sp³-hybridized carbons (Fsp3) is 0.476. The van der Waals surface area contributed by atoms with E-state index in [9.17, 15) is 4.79 Å². The summed E-state index contributed by atoms with van der Waals surface area (Å²) in [6.07, 6.45) is 1.94. The third-order valence-corrected chi connectivity index (χ3v) is 5.52. The number of morpholine rings is 1. The van der Waals surface area contributed by atoms with Crippen molar-refractivity contribution in [1.82, 2.24) is 10.2 Å². The molecule has 0 saturated carbocycles. The average Bonchev–Trinajstić information content (AvgIpc) is 2.70. The normalized spacial score (nSPS) is 15.7. The number of hydrogen-bond donors (Lipinski definition) is 1. The van der Waals surface area contributed by atoms with Gasteiger partial charge >= 0.3 is 0 Å². The van der Waals surface area contributed by atoms with Gasteiger partial charge in [0.05, 0.1) is 31.5 Å². The number of unbranched alkanes of at least 4 members (excludes halogenated alkanes) is 1. The van der Waals surface area contributed by atoms with Gasteiger partial charge in [-0.05, 0) is 24.8 Å². The number of ether oxygens (including phenoxy) is 2. The molecule has 2 aromatic rings. The van der Waals surface area contributed by atoms with Crippen molar-refractivity contribution >= 4 is 45.0 Å². The number of carbonyl (C=O) groups is 1. The van der Waals surface area contributed by atoms with Gasteiger partial charge in [0.2, 0.25) is 0 Å². The van der Waals surface area contributed by atoms with E-state index in [0.717, 1.165) is 41.2 Å². The van der Waals surface area contributed by atoms with E-state index in [4.69, 9.17) is 9.47 Å². The minimum absolute atomic E-state index is 0. The number of rotatable bonds is 7. The lowest BCUT2D eigenvalue weighted by Crippen LogP contribution is -2.50. The summed E-state index contributed by atoms with van der Waals surface area (Å²) in [6, 6.07) is 9.86. The number of benzene rings is 2. The first-order chi connectivity index (χ1) is 13.1. The zero-order valence-electron chi connectivity index (χ0n) is 16.4. The number of carbonyl (C=O) groups excluding carboxylic acids is 1. The van der Waals surface area contributed by atoms with Crippen LogP contribution in [0.2, 0.25) is 0 Å². The summed E-state index contributed by atoms with van der Waals surface area (Å²) in [4.78, 5) is 15.3. The van der Waals surface area contributed by atoms with E-state index >= 15 is 0 Å². The van der Waals surface area contributed by atoms with E-state index in [1.165, 1.54) is 0 Å². The van der Waals surface area contributed by atoms with Gasteiger partial charge in [-0.15, -0.1) is 12.4 Å². The quantitative estimate of drug-likeness (QED) is 0.599. The van der Waals surface area contributed by atoms with Gasteiger partial charge in [-0.1, -0.05) is 53.5 Å². The summed E-state index contributed by atoms with van der Waals surface area (Å²) >= 11 is 3.61. The Labute approximate surface area is 181 Å². The SMILES string of the molecule is CCCCOc1c(C(=O)NC(C)N2CCOCC2)cc(Br)c2ccccc12.Cl. The Balaban J connectivity index is 0.00000280. The Bertz CT molecular complexity index is 797. The molecule has 154 valence electrons. The maximum atomic E-state index is 13.1. The van der Waals surface area contributed by atoms with Crippen LogP contribution in [0.15, 0.2) is 34.8 Å². The second-order valence-electron chi connectivity index (χ2n) is 6.78. The van der Waals surface area contributed by atoms with Crippen LogP contribution in [0.3, 0.4) is 0 Å². The predicted octanol–water partition coefficient (Wildman–Crippen LogP) is 4.61. The Morgan fingerprint density at radius 3 is 2.64 bits per heavy atom. The highest BCUT2D eigenvalue weighted by molar-refractivity contribution is 9.10. The van der Waals surface area contributed by atoms with Crippen LogP contribution in [0.25, 0.3) is 10.8 Å². The average molecular weight is 472 g/mol. The highest BCUT2D eigenvalue weighted by Crippen LogP contribution is 2.35. The molecule has 1 amide bonds. The molecular weight excluding hydrogens is 444 g/mol. The molecule has 1 N–H and O–H groups in total. The Morgan fingerprint density at radius 1 is 1.29 bits per heavy atom. The van der Waals surface area contributed by atoms with Crippen molar-refractivity contribution < 1.29 is 14.3 Å². The molecule has 3 rings (SSSR count). The molecule has 1 fully saturated rings. The minimum atomic E-state index is -0.119. The molecule has 0 spiro atoms. The molecule has 0 aromatic heterocycles. The van der Waals surface area contributed by atoms with Crippen molar-refractivity contribution in [2.75, 3.05) is 32.9 Å². The van der Waals surface area contributed by atoms with Crippen molar-refractivity contribution in [2.45, 2.75) is 32.9 Å². The zero-order valence-corrected chi connectivity index (χ0v) is 18.8. The van der Waals surface area contributed by atoms with Crippen LogP contribution >= 0.6 is 28.3 Å². The van der Waals surface area contributed by atoms with E-state index < -0.39 is 0 Å². The number of nitrogens with one attached hydrogen (secondary N) is 1. The van der Waals surface area contributed by atoms with Crippen LogP contribution in [0, 0.1) is 0 Å². The molecule has 1 unspecified atom stereocenters. The molecule has 5 nitrogen and oxygen atoms in total. The van der Waals surface area contributed by atoms with Crippen LogP contribution < -0.4 is 10.1 Å². The van der Waals surface area contributed by atoms with Gasteiger partial charge in [0.25, 0.3) is 5.91 Å². The summed E-state index contributed by atoms with van der Waals surface area (Å²) in [5, 5.41) is 5.11. The molecular formula is C21H28BrClN2O3. The van der Waals surface area contributed by atoms with Crippen LogP contribution in [-0.4, -0.2) is 49.9 Å². The molecule has 1 heterocycles. The van der Waals surface area contributed by atoms with Crippen molar-refractivity contribution in [1.29, 1.82) is 0 Å². The lowest BCUT2D eigenvalue weighted by molar-refractivity contribution is 0.0132. The first-order valence-corrected chi connectivity index (χ1v) is 10.4. The van der Waals surface area contributed by atoms with Crippen LogP contribution in [0.4, 0.5) is 0 Å². The van der Waals surface area contributed by atoms with Crippen LogP contribution in [-0.2, 0) is 4.74 Å². The molecule has 0 bridgehead atoms. The number of halogens is 2. The molecule has 1 aliphatic rings. The van der Waals surface area contributed by atoms with Crippen molar-refractivity contribution in [3.8, 4) is 5.75 Å². The summed E-state index contributed by atoms with van der Waals surface area (Å²) in [5.74, 6) is 0.542. The Morgan fingerprint density at radius 2 is 1.96 bits per heavy atom. The fourth-order valence-corrected chi connectivity index (χ4v) is 3.85. The lowest BCUT2D eigenvalue weighted by atomic mass is 10.0. The summed E-state index contributed by atoms with van der Waals surface area (Å²) in [6.45, 7) is 7.78. The van der Waals surface area contributed by atoms with Gasteiger partial charge in [-0.25, -0.2) is 0 Å². The third-order valence-electron chi connectivity index (χ3n) is 4.87. The maximum absolute atomic E-state index is 13.1. The van der Waals surface area contributed by atoms with Gasteiger partial charge in [-0.2, -0.15) is 0 Å². The summed E-state index contributed by atoms with van der Waals surface area (Å²) in [7, 11) is 0. The Kier molecular flexibility index (Phi) is 9.02. The summed E-state index contributed by atoms with van der Waals surface area (Å²) in [5.41, 5.74) is 0.566. The second kappa shape index (κ2) is 11.0. The van der Waals surface area contributed by atoms with E-state index in [0.29, 0.717) is 31.1 Å². The first-order valence-electron chi connectivity index (χ1n) is 9.58. The van der Waals surface area contributed by atoms with E-state index in [1.54, 1.807) is 0 Å². The molecule has 0 radical (unpaired) electrons. The van der Waals surface area contributed by atoms with Crippen LogP contribution in [0.5, 0.6) is 5.75 Å². The molecule has 1 atom stereocenters. The number of nitrogens with zero attached hydrogens (tertiary/aromatic N) is 1. The summed E-state index contributed by atoms with van der Waals surface area (Å²) < 4.78 is 12.4. The molecule has 1 saturated heterocycles. The fourth-order valence-electron chi connectivity index (χ4n) is 3.27.